The van der Waals surface area contributed by atoms with Gasteiger partial charge in [-0.2, -0.15) is 0 Å². The Hall–Kier alpha value is -2.48. The van der Waals surface area contributed by atoms with Crippen molar-refractivity contribution in [2.24, 2.45) is 0 Å². The predicted octanol–water partition coefficient (Wildman–Crippen LogP) is 1.95. The summed E-state index contributed by atoms with van der Waals surface area (Å²) in [6, 6.07) is 4.75. The smallest absolute Gasteiger partial charge is 0.134 e. The molecule has 4 heterocycles. The Morgan fingerprint density at radius 2 is 1.83 bits per heavy atom. The number of hydrogen-bond donors (Lipinski definition) is 1. The van der Waals surface area contributed by atoms with Gasteiger partial charge in [-0.1, -0.05) is 0 Å². The van der Waals surface area contributed by atoms with E-state index in [1.807, 2.05) is 13.8 Å². The number of nitrogens with zero attached hydrogens (tertiary/aromatic N) is 7. The van der Waals surface area contributed by atoms with Gasteiger partial charge in [0.1, 0.15) is 29.6 Å². The molecule has 2 fully saturated rings. The van der Waals surface area contributed by atoms with Crippen molar-refractivity contribution >= 4 is 17.5 Å². The highest BCUT2D eigenvalue weighted by Crippen LogP contribution is 2.28. The average Bonchev–Trinajstić information content (AvgIpc) is 3.22. The number of aliphatic hydroxyl groups is 1. The first kappa shape index (κ1) is 19.8. The number of aliphatic hydroxyl groups excluding tert-OH is 1. The third-order valence-electron chi connectivity index (χ3n) is 6.17. The van der Waals surface area contributed by atoms with Gasteiger partial charge in [-0.15, -0.1) is 0 Å². The summed E-state index contributed by atoms with van der Waals surface area (Å²) in [5.41, 5.74) is 1.02. The van der Waals surface area contributed by atoms with Gasteiger partial charge in [0.15, 0.2) is 0 Å². The lowest BCUT2D eigenvalue weighted by atomic mass is 10.0. The Kier molecular flexibility index (Phi) is 5.80. The number of aryl methyl sites for hydroxylation is 2. The van der Waals surface area contributed by atoms with Crippen LogP contribution in [0, 0.1) is 13.8 Å². The molecule has 2 aromatic heterocycles. The van der Waals surface area contributed by atoms with Crippen LogP contribution in [0.2, 0.25) is 0 Å². The van der Waals surface area contributed by atoms with E-state index in [0.717, 1.165) is 74.3 Å². The third-order valence-corrected chi connectivity index (χ3v) is 6.17. The van der Waals surface area contributed by atoms with E-state index in [2.05, 4.69) is 53.8 Å². The molecule has 0 aliphatic carbocycles. The molecule has 2 aliphatic heterocycles. The first-order valence-corrected chi connectivity index (χ1v) is 10.5. The average molecular weight is 398 g/mol. The maximum absolute atomic E-state index is 9.62. The molecule has 2 aliphatic rings. The van der Waals surface area contributed by atoms with E-state index in [0.29, 0.717) is 6.04 Å². The van der Waals surface area contributed by atoms with Gasteiger partial charge in [-0.25, -0.2) is 19.9 Å². The van der Waals surface area contributed by atoms with Gasteiger partial charge in [-0.05, 0) is 39.5 Å². The maximum atomic E-state index is 9.62. The fourth-order valence-corrected chi connectivity index (χ4v) is 4.54. The molecule has 0 saturated carbocycles. The quantitative estimate of drug-likeness (QED) is 0.820. The van der Waals surface area contributed by atoms with Crippen molar-refractivity contribution < 1.29 is 5.11 Å². The zero-order valence-corrected chi connectivity index (χ0v) is 17.6. The summed E-state index contributed by atoms with van der Waals surface area (Å²) in [6.45, 7) is 7.04. The number of hydrogen-bond acceptors (Lipinski definition) is 8. The zero-order chi connectivity index (χ0) is 20.4. The van der Waals surface area contributed by atoms with E-state index in [1.54, 1.807) is 6.33 Å². The number of aromatic nitrogens is 4. The molecule has 0 spiro atoms. The Labute approximate surface area is 172 Å². The minimum absolute atomic E-state index is 0.172. The highest BCUT2D eigenvalue weighted by Gasteiger charge is 2.27. The second-order valence-corrected chi connectivity index (χ2v) is 8.15. The standard InChI is InChI=1S/C21H31N7O/c1-15-11-21(25-16(2)24-15)27-9-6-17(7-10-27)26(3)19-12-20(23-14-22-19)28-8-4-5-18(28)13-29/h11-12,14,17-18,29H,4-10,13H2,1-3H3. The van der Waals surface area contributed by atoms with Gasteiger partial charge in [0.25, 0.3) is 0 Å². The van der Waals surface area contributed by atoms with Crippen molar-refractivity contribution in [2.45, 2.75) is 51.6 Å². The van der Waals surface area contributed by atoms with E-state index in [1.165, 1.54) is 0 Å². The molecule has 1 atom stereocenters. The largest absolute Gasteiger partial charge is 0.394 e. The molecule has 2 saturated heterocycles. The monoisotopic (exact) mass is 397 g/mol. The third kappa shape index (κ3) is 4.27. The van der Waals surface area contributed by atoms with E-state index >= 15 is 0 Å². The molecule has 0 aromatic carbocycles. The summed E-state index contributed by atoms with van der Waals surface area (Å²) in [5, 5.41) is 9.62. The van der Waals surface area contributed by atoms with E-state index in [-0.39, 0.29) is 12.6 Å². The van der Waals surface area contributed by atoms with Crippen LogP contribution in [0.15, 0.2) is 18.5 Å². The number of anilines is 3. The molecule has 29 heavy (non-hydrogen) atoms. The Bertz CT molecular complexity index is 817. The van der Waals surface area contributed by atoms with E-state index in [9.17, 15) is 5.11 Å². The van der Waals surface area contributed by atoms with Crippen LogP contribution in [0.1, 0.15) is 37.2 Å². The molecule has 1 unspecified atom stereocenters. The molecule has 8 nitrogen and oxygen atoms in total. The number of piperidine rings is 1. The van der Waals surface area contributed by atoms with Crippen molar-refractivity contribution in [1.82, 2.24) is 19.9 Å². The van der Waals surface area contributed by atoms with Crippen molar-refractivity contribution in [3.05, 3.63) is 30.0 Å². The molecular weight excluding hydrogens is 366 g/mol. The van der Waals surface area contributed by atoms with Crippen LogP contribution < -0.4 is 14.7 Å². The fraction of sp³-hybridized carbons (Fsp3) is 0.619. The van der Waals surface area contributed by atoms with Crippen molar-refractivity contribution in [3.8, 4) is 0 Å². The summed E-state index contributed by atoms with van der Waals surface area (Å²) in [7, 11) is 2.12. The van der Waals surface area contributed by atoms with Crippen molar-refractivity contribution in [1.29, 1.82) is 0 Å². The van der Waals surface area contributed by atoms with E-state index < -0.39 is 0 Å². The van der Waals surface area contributed by atoms with Crippen LogP contribution in [-0.2, 0) is 0 Å². The maximum Gasteiger partial charge on any atom is 0.134 e. The van der Waals surface area contributed by atoms with Crippen LogP contribution >= 0.6 is 0 Å². The van der Waals surface area contributed by atoms with Crippen molar-refractivity contribution in [3.63, 3.8) is 0 Å². The molecule has 0 radical (unpaired) electrons. The SMILES string of the molecule is Cc1cc(N2CCC(N(C)c3cc(N4CCCC4CO)ncn3)CC2)nc(C)n1. The molecule has 156 valence electrons. The molecule has 1 N–H and O–H groups in total. The molecular formula is C21H31N7O. The lowest BCUT2D eigenvalue weighted by molar-refractivity contribution is 0.266. The molecule has 0 amide bonds. The van der Waals surface area contributed by atoms with Crippen LogP contribution in [0.4, 0.5) is 17.5 Å². The summed E-state index contributed by atoms with van der Waals surface area (Å²) in [4.78, 5) is 24.8. The molecule has 2 aromatic rings. The van der Waals surface area contributed by atoms with Gasteiger partial charge in [0.05, 0.1) is 12.6 Å². The second kappa shape index (κ2) is 8.49. The molecule has 0 bridgehead atoms. The summed E-state index contributed by atoms with van der Waals surface area (Å²) in [5.74, 6) is 3.73. The zero-order valence-electron chi connectivity index (χ0n) is 17.6. The summed E-state index contributed by atoms with van der Waals surface area (Å²) in [6.07, 6.45) is 5.88. The minimum atomic E-state index is 0.172. The van der Waals surface area contributed by atoms with Crippen LogP contribution in [0.5, 0.6) is 0 Å². The highest BCUT2D eigenvalue weighted by molar-refractivity contribution is 5.52. The van der Waals surface area contributed by atoms with Crippen LogP contribution in [0.3, 0.4) is 0 Å². The van der Waals surface area contributed by atoms with Gasteiger partial charge in [0.2, 0.25) is 0 Å². The van der Waals surface area contributed by atoms with Crippen LogP contribution in [-0.4, -0.2) is 70.4 Å². The minimum Gasteiger partial charge on any atom is -0.394 e. The lowest BCUT2D eigenvalue weighted by Gasteiger charge is -2.38. The Morgan fingerprint density at radius 1 is 1.03 bits per heavy atom. The first-order valence-electron chi connectivity index (χ1n) is 10.5. The van der Waals surface area contributed by atoms with Gasteiger partial charge in [-0.3, -0.25) is 0 Å². The van der Waals surface area contributed by atoms with Crippen molar-refractivity contribution in [2.75, 3.05) is 48.0 Å². The first-order chi connectivity index (χ1) is 14.0. The predicted molar refractivity (Wildman–Crippen MR) is 115 cm³/mol. The normalized spacial score (nSPS) is 20.3. The van der Waals surface area contributed by atoms with Gasteiger partial charge >= 0.3 is 0 Å². The fourth-order valence-electron chi connectivity index (χ4n) is 4.54. The number of rotatable bonds is 5. The Morgan fingerprint density at radius 3 is 2.55 bits per heavy atom. The Balaban J connectivity index is 1.42. The highest BCUT2D eigenvalue weighted by atomic mass is 16.3. The van der Waals surface area contributed by atoms with Gasteiger partial charge < -0.3 is 19.8 Å². The van der Waals surface area contributed by atoms with Gasteiger partial charge in [0, 0.05) is 50.6 Å². The lowest BCUT2D eigenvalue weighted by Crippen LogP contribution is -2.44. The summed E-state index contributed by atoms with van der Waals surface area (Å²) < 4.78 is 0. The topological polar surface area (TPSA) is 81.5 Å². The van der Waals surface area contributed by atoms with E-state index in [4.69, 9.17) is 0 Å². The van der Waals surface area contributed by atoms with Crippen LogP contribution in [0.25, 0.3) is 0 Å². The molecule has 8 heteroatoms. The summed E-state index contributed by atoms with van der Waals surface area (Å²) >= 11 is 0. The second-order valence-electron chi connectivity index (χ2n) is 8.15. The molecule has 4 rings (SSSR count).